The van der Waals surface area contributed by atoms with Crippen molar-refractivity contribution < 1.29 is 18.0 Å². The predicted molar refractivity (Wildman–Crippen MR) is 120 cm³/mol. The van der Waals surface area contributed by atoms with Crippen LogP contribution < -0.4 is 10.9 Å². The van der Waals surface area contributed by atoms with Crippen molar-refractivity contribution in [3.05, 3.63) is 68.1 Å². The highest BCUT2D eigenvalue weighted by atomic mass is 35.5. The molecule has 2 amide bonds. The zero-order chi connectivity index (χ0) is 23.5. The molecule has 0 spiro atoms. The van der Waals surface area contributed by atoms with Crippen molar-refractivity contribution in [3.63, 3.8) is 0 Å². The summed E-state index contributed by atoms with van der Waals surface area (Å²) in [6.07, 6.45) is 2.27. The maximum absolute atomic E-state index is 13.0. The van der Waals surface area contributed by atoms with Crippen molar-refractivity contribution in [1.29, 1.82) is 0 Å². The second-order valence-corrected chi connectivity index (χ2v) is 9.03. The fraction of sp³-hybridized carbons (Fsp3) is 0.409. The lowest BCUT2D eigenvalue weighted by Gasteiger charge is -2.32. The molecule has 1 N–H and O–H groups in total. The number of fused-ring (bicyclic) bond motifs is 1. The Morgan fingerprint density at radius 2 is 1.78 bits per heavy atom. The van der Waals surface area contributed by atoms with Crippen molar-refractivity contribution in [1.82, 2.24) is 14.8 Å². The minimum Gasteiger partial charge on any atom is -0.348 e. The molecule has 1 saturated carbocycles. The van der Waals surface area contributed by atoms with Gasteiger partial charge in [0, 0.05) is 31.2 Å². The minimum absolute atomic E-state index is 0.0654. The van der Waals surface area contributed by atoms with Gasteiger partial charge >= 0.3 is 11.6 Å². The van der Waals surface area contributed by atoms with E-state index >= 15 is 0 Å². The SMILES string of the molecule is Cc1cc(C(=O)NCc2ccc(Cl)cc2)c(=O)n2c1C(=O)N(CC1(C)CC1)CC2.O=S=O. The summed E-state index contributed by atoms with van der Waals surface area (Å²) in [6.45, 7) is 5.89. The first-order chi connectivity index (χ1) is 15.2. The van der Waals surface area contributed by atoms with Crippen LogP contribution in [0.2, 0.25) is 5.02 Å². The van der Waals surface area contributed by atoms with Crippen LogP contribution >= 0.6 is 11.6 Å². The minimum atomic E-state index is -0.750. The van der Waals surface area contributed by atoms with Crippen LogP contribution in [0.1, 0.15) is 51.7 Å². The van der Waals surface area contributed by atoms with Gasteiger partial charge in [0.15, 0.2) is 0 Å². The van der Waals surface area contributed by atoms with Crippen LogP contribution in [0.3, 0.4) is 0 Å². The Kier molecular flexibility index (Phi) is 7.30. The molecule has 8 nitrogen and oxygen atoms in total. The van der Waals surface area contributed by atoms with E-state index in [0.29, 0.717) is 35.9 Å². The van der Waals surface area contributed by atoms with Gasteiger partial charge in [-0.15, -0.1) is 0 Å². The molecule has 1 aliphatic carbocycles. The van der Waals surface area contributed by atoms with Crippen LogP contribution in [-0.2, 0) is 24.7 Å². The first-order valence-electron chi connectivity index (χ1n) is 10.2. The Morgan fingerprint density at radius 3 is 2.38 bits per heavy atom. The number of nitrogens with zero attached hydrogens (tertiary/aromatic N) is 2. The average Bonchev–Trinajstić information content (AvgIpc) is 3.49. The van der Waals surface area contributed by atoms with Crippen LogP contribution in [0.5, 0.6) is 0 Å². The number of halogens is 1. The summed E-state index contributed by atoms with van der Waals surface area (Å²) in [5.74, 6) is -0.559. The van der Waals surface area contributed by atoms with E-state index in [9.17, 15) is 14.4 Å². The van der Waals surface area contributed by atoms with Gasteiger partial charge in [0.2, 0.25) is 0 Å². The largest absolute Gasteiger partial charge is 0.348 e. The standard InChI is InChI=1S/C22H24ClN3O3.O2S/c1-14-11-17(19(27)24-12-15-3-5-16(23)6-4-15)20(28)26-10-9-25(21(29)18(14)26)13-22(2)7-8-22;1-3-2/h3-6,11H,7-10,12-13H2,1-2H3,(H,24,27);. The summed E-state index contributed by atoms with van der Waals surface area (Å²) in [4.78, 5) is 40.4. The molecule has 2 heterocycles. The third-order valence-corrected chi connectivity index (χ3v) is 6.10. The molecule has 0 bridgehead atoms. The molecular formula is C22H24ClN3O5S. The van der Waals surface area contributed by atoms with Crippen molar-refractivity contribution in [2.75, 3.05) is 13.1 Å². The summed E-state index contributed by atoms with van der Waals surface area (Å²) < 4.78 is 18.0. The molecule has 0 unspecified atom stereocenters. The number of hydrogen-bond donors (Lipinski definition) is 1. The van der Waals surface area contributed by atoms with Gasteiger partial charge in [-0.25, -0.2) is 0 Å². The number of nitrogens with one attached hydrogen (secondary N) is 1. The lowest BCUT2D eigenvalue weighted by molar-refractivity contribution is 0.0662. The number of pyridine rings is 1. The molecule has 2 aromatic rings. The zero-order valence-corrected chi connectivity index (χ0v) is 19.4. The molecule has 4 rings (SSSR count). The van der Waals surface area contributed by atoms with Gasteiger partial charge in [-0.05, 0) is 54.5 Å². The number of benzene rings is 1. The maximum atomic E-state index is 13.0. The van der Waals surface area contributed by atoms with E-state index in [1.165, 1.54) is 10.6 Å². The molecule has 0 radical (unpaired) electrons. The van der Waals surface area contributed by atoms with E-state index in [1.54, 1.807) is 19.1 Å². The van der Waals surface area contributed by atoms with Gasteiger partial charge in [-0.2, -0.15) is 8.42 Å². The molecule has 1 aromatic heterocycles. The van der Waals surface area contributed by atoms with Crippen molar-refractivity contribution >= 4 is 35.0 Å². The average molecular weight is 478 g/mol. The third-order valence-electron chi connectivity index (χ3n) is 5.85. The van der Waals surface area contributed by atoms with E-state index in [2.05, 4.69) is 12.2 Å². The zero-order valence-electron chi connectivity index (χ0n) is 17.9. The van der Waals surface area contributed by atoms with Gasteiger partial charge in [0.25, 0.3) is 17.4 Å². The smallest absolute Gasteiger partial charge is 0.335 e. The Bertz CT molecular complexity index is 1140. The molecule has 32 heavy (non-hydrogen) atoms. The number of rotatable bonds is 5. The fourth-order valence-corrected chi connectivity index (χ4v) is 3.93. The second-order valence-electron chi connectivity index (χ2n) is 8.46. The molecule has 10 heteroatoms. The third kappa shape index (κ3) is 5.34. The van der Waals surface area contributed by atoms with Crippen molar-refractivity contribution in [2.45, 2.75) is 39.8 Å². The van der Waals surface area contributed by atoms with E-state index in [1.807, 2.05) is 17.0 Å². The highest BCUT2D eigenvalue weighted by Gasteiger charge is 2.41. The van der Waals surface area contributed by atoms with Crippen LogP contribution in [0.25, 0.3) is 0 Å². The molecular weight excluding hydrogens is 454 g/mol. The summed E-state index contributed by atoms with van der Waals surface area (Å²) in [5, 5.41) is 3.40. The first kappa shape index (κ1) is 23.9. The van der Waals surface area contributed by atoms with Gasteiger partial charge in [-0.3, -0.25) is 14.4 Å². The lowest BCUT2D eigenvalue weighted by Crippen LogP contribution is -2.48. The summed E-state index contributed by atoms with van der Waals surface area (Å²) >= 11 is 5.12. The molecule has 0 atom stereocenters. The number of aromatic nitrogens is 1. The second kappa shape index (κ2) is 9.79. The van der Waals surface area contributed by atoms with Gasteiger partial charge < -0.3 is 14.8 Å². The Labute approximate surface area is 194 Å². The number of carbonyl (C=O) groups is 2. The van der Waals surface area contributed by atoms with E-state index in [4.69, 9.17) is 20.0 Å². The van der Waals surface area contributed by atoms with E-state index in [0.717, 1.165) is 24.9 Å². The van der Waals surface area contributed by atoms with Crippen molar-refractivity contribution in [2.24, 2.45) is 5.41 Å². The Morgan fingerprint density at radius 1 is 1.16 bits per heavy atom. The highest BCUT2D eigenvalue weighted by Crippen LogP contribution is 2.45. The monoisotopic (exact) mass is 477 g/mol. The topological polar surface area (TPSA) is 106 Å². The Hall–Kier alpha value is -2.78. The summed E-state index contributed by atoms with van der Waals surface area (Å²) in [6, 6.07) is 8.68. The molecule has 1 aromatic carbocycles. The van der Waals surface area contributed by atoms with Gasteiger partial charge in [0.1, 0.15) is 11.3 Å². The normalized spacial score (nSPS) is 15.8. The summed E-state index contributed by atoms with van der Waals surface area (Å²) in [5.41, 5.74) is 1.81. The van der Waals surface area contributed by atoms with Gasteiger partial charge in [-0.1, -0.05) is 30.7 Å². The highest BCUT2D eigenvalue weighted by molar-refractivity contribution is 7.51. The van der Waals surface area contributed by atoms with Gasteiger partial charge in [0.05, 0.1) is 0 Å². The fourth-order valence-electron chi connectivity index (χ4n) is 3.80. The van der Waals surface area contributed by atoms with Crippen LogP contribution in [0, 0.1) is 12.3 Å². The van der Waals surface area contributed by atoms with Crippen molar-refractivity contribution in [3.8, 4) is 0 Å². The number of hydrogen-bond acceptors (Lipinski definition) is 5. The number of aryl methyl sites for hydroxylation is 1. The van der Waals surface area contributed by atoms with E-state index < -0.39 is 23.0 Å². The number of amides is 2. The van der Waals surface area contributed by atoms with Crippen LogP contribution in [0.4, 0.5) is 0 Å². The molecule has 170 valence electrons. The molecule has 1 aliphatic heterocycles. The van der Waals surface area contributed by atoms with Crippen LogP contribution in [-0.4, -0.2) is 42.8 Å². The number of carbonyl (C=O) groups excluding carboxylic acids is 2. The molecule has 0 saturated heterocycles. The van der Waals surface area contributed by atoms with Crippen LogP contribution in [0.15, 0.2) is 35.1 Å². The molecule has 2 aliphatic rings. The van der Waals surface area contributed by atoms with E-state index in [-0.39, 0.29) is 16.9 Å². The predicted octanol–water partition coefficient (Wildman–Crippen LogP) is 2.33. The molecule has 1 fully saturated rings. The quantitative estimate of drug-likeness (QED) is 0.711. The first-order valence-corrected chi connectivity index (χ1v) is 11.2. The Balaban J connectivity index is 0.000000913. The summed E-state index contributed by atoms with van der Waals surface area (Å²) in [7, 11) is 0. The maximum Gasteiger partial charge on any atom is 0.335 e. The lowest BCUT2D eigenvalue weighted by atomic mass is 10.0.